The number of pyridine rings is 1. The van der Waals surface area contributed by atoms with Gasteiger partial charge in [-0.15, -0.1) is 0 Å². The summed E-state index contributed by atoms with van der Waals surface area (Å²) in [6, 6.07) is 10.2. The van der Waals surface area contributed by atoms with Gasteiger partial charge in [0.05, 0.1) is 0 Å². The van der Waals surface area contributed by atoms with Crippen LogP contribution in [-0.2, 0) is 0 Å². The second kappa shape index (κ2) is 3.23. The van der Waals surface area contributed by atoms with E-state index in [0.717, 1.165) is 0 Å². The molecule has 3 nitrogen and oxygen atoms in total. The summed E-state index contributed by atoms with van der Waals surface area (Å²) in [6.45, 7) is 0. The van der Waals surface area contributed by atoms with Gasteiger partial charge in [0.1, 0.15) is 5.69 Å². The maximum absolute atomic E-state index is 10.9. The van der Waals surface area contributed by atoms with E-state index in [1.54, 1.807) is 24.4 Å². The highest BCUT2D eigenvalue weighted by Gasteiger charge is 1.99. The molecule has 0 atom stereocenters. The first kappa shape index (κ1) is 7.73. The maximum atomic E-state index is 10.9. The Labute approximate surface area is 74.7 Å². The molecule has 2 aromatic rings. The smallest absolute Gasteiger partial charge is 0.336 e. The van der Waals surface area contributed by atoms with E-state index in [1.165, 1.54) is 6.07 Å². The monoisotopic (exact) mass is 173 g/mol. The third-order valence-corrected chi connectivity index (χ3v) is 1.61. The van der Waals surface area contributed by atoms with Crippen molar-refractivity contribution in [1.82, 2.24) is 4.98 Å². The Morgan fingerprint density at radius 3 is 2.69 bits per heavy atom. The fourth-order valence-corrected chi connectivity index (χ4v) is 1.04. The first-order valence-electron chi connectivity index (χ1n) is 3.88. The van der Waals surface area contributed by atoms with Gasteiger partial charge in [0, 0.05) is 12.3 Å². The summed E-state index contributed by atoms with van der Waals surface area (Å²) in [5, 5.41) is 0. The van der Waals surface area contributed by atoms with Gasteiger partial charge in [-0.05, 0) is 18.2 Å². The Hall–Kier alpha value is -1.90. The van der Waals surface area contributed by atoms with Gasteiger partial charge in [0.15, 0.2) is 5.76 Å². The normalized spacial score (nSPS) is 9.85. The van der Waals surface area contributed by atoms with E-state index in [9.17, 15) is 4.79 Å². The van der Waals surface area contributed by atoms with Crippen LogP contribution >= 0.6 is 0 Å². The molecule has 64 valence electrons. The van der Waals surface area contributed by atoms with E-state index in [1.807, 2.05) is 12.1 Å². The minimum absolute atomic E-state index is 0.358. The first-order chi connectivity index (χ1) is 6.36. The summed E-state index contributed by atoms with van der Waals surface area (Å²) < 4.78 is 4.95. The van der Waals surface area contributed by atoms with Crippen molar-refractivity contribution in [2.45, 2.75) is 0 Å². The summed E-state index contributed by atoms with van der Waals surface area (Å²) in [4.78, 5) is 14.9. The van der Waals surface area contributed by atoms with Gasteiger partial charge in [0.2, 0.25) is 0 Å². The van der Waals surface area contributed by atoms with Gasteiger partial charge in [-0.1, -0.05) is 12.1 Å². The SMILES string of the molecule is O=c1cccc(-c2ccccn2)o1. The predicted octanol–water partition coefficient (Wildman–Crippen LogP) is 1.70. The van der Waals surface area contributed by atoms with Crippen molar-refractivity contribution in [2.75, 3.05) is 0 Å². The van der Waals surface area contributed by atoms with Crippen molar-refractivity contribution >= 4 is 0 Å². The van der Waals surface area contributed by atoms with Crippen LogP contribution in [0.4, 0.5) is 0 Å². The topological polar surface area (TPSA) is 43.1 Å². The lowest BCUT2D eigenvalue weighted by Gasteiger charge is -1.95. The summed E-state index contributed by atoms with van der Waals surface area (Å²) in [5.41, 5.74) is 0.309. The highest BCUT2D eigenvalue weighted by molar-refractivity contribution is 5.50. The summed E-state index contributed by atoms with van der Waals surface area (Å²) >= 11 is 0. The first-order valence-corrected chi connectivity index (χ1v) is 3.88. The summed E-state index contributed by atoms with van der Waals surface area (Å²) in [5.74, 6) is 0.494. The van der Waals surface area contributed by atoms with Gasteiger partial charge in [-0.2, -0.15) is 0 Å². The van der Waals surface area contributed by atoms with E-state index < -0.39 is 0 Å². The Balaban J connectivity index is 2.54. The molecule has 0 unspecified atom stereocenters. The van der Waals surface area contributed by atoms with Gasteiger partial charge in [0.25, 0.3) is 0 Å². The molecule has 0 aromatic carbocycles. The van der Waals surface area contributed by atoms with Gasteiger partial charge >= 0.3 is 5.63 Å². The third kappa shape index (κ3) is 1.64. The predicted molar refractivity (Wildman–Crippen MR) is 48.2 cm³/mol. The zero-order valence-corrected chi connectivity index (χ0v) is 6.81. The molecule has 3 heteroatoms. The fourth-order valence-electron chi connectivity index (χ4n) is 1.04. The van der Waals surface area contributed by atoms with Crippen LogP contribution in [0.2, 0.25) is 0 Å². The van der Waals surface area contributed by atoms with E-state index in [-0.39, 0.29) is 5.63 Å². The third-order valence-electron chi connectivity index (χ3n) is 1.61. The molecular weight excluding hydrogens is 166 g/mol. The van der Waals surface area contributed by atoms with Crippen molar-refractivity contribution < 1.29 is 4.42 Å². The molecule has 0 saturated heterocycles. The van der Waals surface area contributed by atoms with E-state index in [2.05, 4.69) is 4.98 Å². The highest BCUT2D eigenvalue weighted by Crippen LogP contribution is 2.12. The van der Waals surface area contributed by atoms with Gasteiger partial charge < -0.3 is 4.42 Å². The molecule has 13 heavy (non-hydrogen) atoms. The molecule has 0 aliphatic rings. The molecule has 2 rings (SSSR count). The van der Waals surface area contributed by atoms with E-state index in [4.69, 9.17) is 4.42 Å². The zero-order chi connectivity index (χ0) is 9.10. The molecule has 0 saturated carbocycles. The van der Waals surface area contributed by atoms with Crippen LogP contribution in [0.15, 0.2) is 51.8 Å². The summed E-state index contributed by atoms with van der Waals surface area (Å²) in [7, 11) is 0. The molecule has 0 spiro atoms. The van der Waals surface area contributed by atoms with Crippen molar-refractivity contribution in [1.29, 1.82) is 0 Å². The van der Waals surface area contributed by atoms with E-state index >= 15 is 0 Å². The fraction of sp³-hybridized carbons (Fsp3) is 0. The van der Waals surface area contributed by atoms with Crippen LogP contribution in [-0.4, -0.2) is 4.98 Å². The van der Waals surface area contributed by atoms with Crippen LogP contribution in [0.3, 0.4) is 0 Å². The summed E-state index contributed by atoms with van der Waals surface area (Å²) in [6.07, 6.45) is 1.66. The van der Waals surface area contributed by atoms with Crippen LogP contribution < -0.4 is 5.63 Å². The quantitative estimate of drug-likeness (QED) is 0.659. The molecular formula is C10H7NO2. The second-order valence-corrected chi connectivity index (χ2v) is 2.53. The molecule has 0 fully saturated rings. The average Bonchev–Trinajstić information content (AvgIpc) is 2.19. The number of nitrogens with zero attached hydrogens (tertiary/aromatic N) is 1. The van der Waals surface area contributed by atoms with Crippen LogP contribution in [0.1, 0.15) is 0 Å². The molecule has 0 bridgehead atoms. The van der Waals surface area contributed by atoms with Crippen LogP contribution in [0.25, 0.3) is 11.5 Å². The van der Waals surface area contributed by atoms with Crippen molar-refractivity contribution in [2.24, 2.45) is 0 Å². The lowest BCUT2D eigenvalue weighted by atomic mass is 10.3. The molecule has 2 heterocycles. The second-order valence-electron chi connectivity index (χ2n) is 2.53. The Morgan fingerprint density at radius 1 is 1.08 bits per heavy atom. The van der Waals surface area contributed by atoms with Crippen LogP contribution in [0, 0.1) is 0 Å². The molecule has 0 N–H and O–H groups in total. The Kier molecular flexibility index (Phi) is 1.92. The standard InChI is InChI=1S/C10H7NO2/c12-10-6-3-5-9(13-10)8-4-1-2-7-11-8/h1-7H. The van der Waals surface area contributed by atoms with Crippen molar-refractivity contribution in [3.8, 4) is 11.5 Å². The molecule has 2 aromatic heterocycles. The number of hydrogen-bond donors (Lipinski definition) is 0. The lowest BCUT2D eigenvalue weighted by Crippen LogP contribution is -1.95. The minimum atomic E-state index is -0.358. The maximum Gasteiger partial charge on any atom is 0.336 e. The highest BCUT2D eigenvalue weighted by atomic mass is 16.4. The van der Waals surface area contributed by atoms with Crippen molar-refractivity contribution in [3.05, 3.63) is 53.0 Å². The Bertz CT molecular complexity index is 448. The average molecular weight is 173 g/mol. The zero-order valence-electron chi connectivity index (χ0n) is 6.81. The number of hydrogen-bond acceptors (Lipinski definition) is 3. The number of rotatable bonds is 1. The number of aromatic nitrogens is 1. The van der Waals surface area contributed by atoms with Crippen molar-refractivity contribution in [3.63, 3.8) is 0 Å². The molecule has 0 radical (unpaired) electrons. The van der Waals surface area contributed by atoms with Gasteiger partial charge in [-0.25, -0.2) is 4.79 Å². The van der Waals surface area contributed by atoms with Gasteiger partial charge in [-0.3, -0.25) is 4.98 Å². The lowest BCUT2D eigenvalue weighted by molar-refractivity contribution is 0.524. The largest absolute Gasteiger partial charge is 0.421 e. The van der Waals surface area contributed by atoms with E-state index in [0.29, 0.717) is 11.5 Å². The molecule has 0 amide bonds. The Morgan fingerprint density at radius 2 is 2.00 bits per heavy atom. The molecule has 0 aliphatic carbocycles. The molecule has 0 aliphatic heterocycles. The minimum Gasteiger partial charge on any atom is -0.421 e. The van der Waals surface area contributed by atoms with Crippen LogP contribution in [0.5, 0.6) is 0 Å².